The summed E-state index contributed by atoms with van der Waals surface area (Å²) in [6.45, 7) is 17.1. The van der Waals surface area contributed by atoms with Gasteiger partial charge in [0.1, 0.15) is 41.7 Å². The number of carbonyl (C=O) groups excluding carboxylic acids is 1. The highest BCUT2D eigenvalue weighted by atomic mass is 35.5. The zero-order chi connectivity index (χ0) is 31.7. The smallest absolute Gasteiger partial charge is 0.410 e. The van der Waals surface area contributed by atoms with Crippen LogP contribution in [0.15, 0.2) is 36.7 Å². The van der Waals surface area contributed by atoms with Gasteiger partial charge in [0.25, 0.3) is 0 Å². The maximum absolute atomic E-state index is 13.8. The van der Waals surface area contributed by atoms with Crippen molar-refractivity contribution in [3.8, 4) is 11.5 Å². The van der Waals surface area contributed by atoms with Gasteiger partial charge in [-0.2, -0.15) is 0 Å². The number of carbonyl (C=O) groups is 1. The fraction of sp³-hybridized carbons (Fsp3) is 0.516. The van der Waals surface area contributed by atoms with E-state index in [0.717, 1.165) is 0 Å². The van der Waals surface area contributed by atoms with Crippen molar-refractivity contribution >= 4 is 48.4 Å². The number of nitrogens with zero attached hydrogens (tertiary/aromatic N) is 3. The molecule has 1 aliphatic heterocycles. The SMILES string of the molecule is COc1cc(OC[C@H]2C[C@@H](O[Si](C)(C)C(C)(C)C)CN2C(=O)OC(C)(C)C)c2c(Nc3ccc(F)c(Cl)c3)ncnc2c1. The van der Waals surface area contributed by atoms with Crippen molar-refractivity contribution < 1.29 is 27.8 Å². The molecule has 1 saturated heterocycles. The Balaban J connectivity index is 1.65. The lowest BCUT2D eigenvalue weighted by atomic mass is 10.1. The Morgan fingerprint density at radius 2 is 1.86 bits per heavy atom. The number of fused-ring (bicyclic) bond motifs is 1. The van der Waals surface area contributed by atoms with Crippen molar-refractivity contribution in [2.75, 3.05) is 25.6 Å². The Morgan fingerprint density at radius 1 is 1.14 bits per heavy atom. The molecule has 2 heterocycles. The number of anilines is 2. The molecule has 1 fully saturated rings. The number of nitrogens with one attached hydrogen (secondary N) is 1. The Labute approximate surface area is 259 Å². The van der Waals surface area contributed by atoms with E-state index in [1.165, 1.54) is 18.5 Å². The minimum Gasteiger partial charge on any atom is -0.497 e. The molecule has 0 spiro atoms. The van der Waals surface area contributed by atoms with E-state index in [-0.39, 0.29) is 28.8 Å². The van der Waals surface area contributed by atoms with E-state index < -0.39 is 25.8 Å². The zero-order valence-corrected chi connectivity index (χ0v) is 28.1. The van der Waals surface area contributed by atoms with Crippen LogP contribution >= 0.6 is 11.6 Å². The Bertz CT molecular complexity index is 1480. The summed E-state index contributed by atoms with van der Waals surface area (Å²) in [5, 5.41) is 3.80. The predicted octanol–water partition coefficient (Wildman–Crippen LogP) is 7.95. The zero-order valence-electron chi connectivity index (χ0n) is 26.4. The van der Waals surface area contributed by atoms with E-state index in [1.54, 1.807) is 30.2 Å². The molecule has 1 amide bonds. The molecule has 12 heteroatoms. The van der Waals surface area contributed by atoms with Gasteiger partial charge < -0.3 is 24.0 Å². The number of likely N-dealkylation sites (tertiary alicyclic amines) is 1. The summed E-state index contributed by atoms with van der Waals surface area (Å²) in [6, 6.07) is 7.56. The first-order valence-corrected chi connectivity index (χ1v) is 17.6. The van der Waals surface area contributed by atoms with E-state index in [9.17, 15) is 9.18 Å². The maximum atomic E-state index is 13.8. The molecule has 2 aromatic carbocycles. The second-order valence-electron chi connectivity index (χ2n) is 13.3. The van der Waals surface area contributed by atoms with Crippen molar-refractivity contribution in [3.63, 3.8) is 0 Å². The number of halogens is 2. The number of benzene rings is 2. The van der Waals surface area contributed by atoms with Crippen LogP contribution in [0.3, 0.4) is 0 Å². The number of hydrogen-bond acceptors (Lipinski definition) is 8. The number of ether oxygens (including phenoxy) is 3. The summed E-state index contributed by atoms with van der Waals surface area (Å²) < 4.78 is 38.2. The van der Waals surface area contributed by atoms with Crippen LogP contribution in [0.25, 0.3) is 10.9 Å². The second kappa shape index (κ2) is 12.5. The van der Waals surface area contributed by atoms with Gasteiger partial charge in [0.2, 0.25) is 0 Å². The molecule has 9 nitrogen and oxygen atoms in total. The lowest BCUT2D eigenvalue weighted by Gasteiger charge is -2.38. The number of amides is 1. The van der Waals surface area contributed by atoms with Crippen molar-refractivity contribution in [1.29, 1.82) is 0 Å². The molecule has 1 aromatic heterocycles. The highest BCUT2D eigenvalue weighted by Gasteiger charge is 2.44. The maximum Gasteiger partial charge on any atom is 0.410 e. The third-order valence-electron chi connectivity index (χ3n) is 7.80. The Morgan fingerprint density at radius 3 is 2.49 bits per heavy atom. The van der Waals surface area contributed by atoms with Gasteiger partial charge in [0, 0.05) is 24.4 Å². The highest BCUT2D eigenvalue weighted by Crippen LogP contribution is 2.40. The molecule has 0 bridgehead atoms. The van der Waals surface area contributed by atoms with Crippen molar-refractivity contribution in [2.24, 2.45) is 0 Å². The minimum absolute atomic E-state index is 0.0144. The van der Waals surface area contributed by atoms with Crippen molar-refractivity contribution in [1.82, 2.24) is 14.9 Å². The van der Waals surface area contributed by atoms with Crippen LogP contribution in [0.1, 0.15) is 48.0 Å². The molecule has 43 heavy (non-hydrogen) atoms. The van der Waals surface area contributed by atoms with Gasteiger partial charge in [-0.25, -0.2) is 19.2 Å². The molecule has 3 aromatic rings. The molecule has 0 aliphatic carbocycles. The molecule has 4 rings (SSSR count). The van der Waals surface area contributed by atoms with Gasteiger partial charge in [-0.1, -0.05) is 32.4 Å². The summed E-state index contributed by atoms with van der Waals surface area (Å²) in [5.41, 5.74) is 0.477. The quantitative estimate of drug-likeness (QED) is 0.250. The van der Waals surface area contributed by atoms with Crippen LogP contribution in [0.4, 0.5) is 20.7 Å². The lowest BCUT2D eigenvalue weighted by Crippen LogP contribution is -2.45. The van der Waals surface area contributed by atoms with Gasteiger partial charge in [-0.05, 0) is 63.5 Å². The lowest BCUT2D eigenvalue weighted by molar-refractivity contribution is 0.0175. The minimum atomic E-state index is -2.09. The van der Waals surface area contributed by atoms with E-state index in [2.05, 4.69) is 49.1 Å². The first kappa shape index (κ1) is 32.8. The van der Waals surface area contributed by atoms with E-state index in [1.807, 2.05) is 20.8 Å². The van der Waals surface area contributed by atoms with Crippen molar-refractivity contribution in [2.45, 2.75) is 83.8 Å². The van der Waals surface area contributed by atoms with E-state index >= 15 is 0 Å². The molecular formula is C31H42ClFN4O5Si. The van der Waals surface area contributed by atoms with Crippen LogP contribution in [-0.2, 0) is 9.16 Å². The fourth-order valence-corrected chi connectivity index (χ4v) is 6.15. The van der Waals surface area contributed by atoms with Gasteiger partial charge >= 0.3 is 6.09 Å². The predicted molar refractivity (Wildman–Crippen MR) is 170 cm³/mol. The van der Waals surface area contributed by atoms with Crippen LogP contribution in [0.5, 0.6) is 11.5 Å². The molecule has 234 valence electrons. The summed E-state index contributed by atoms with van der Waals surface area (Å²) in [6.07, 6.45) is 1.47. The molecule has 1 aliphatic rings. The monoisotopic (exact) mass is 632 g/mol. The number of aromatic nitrogens is 2. The summed E-state index contributed by atoms with van der Waals surface area (Å²) >= 11 is 6.01. The molecule has 1 N–H and O–H groups in total. The average Bonchev–Trinajstić information content (AvgIpc) is 3.29. The highest BCUT2D eigenvalue weighted by molar-refractivity contribution is 6.74. The topological polar surface area (TPSA) is 95.0 Å². The standard InChI is InChI=1S/C31H42ClFN4O5Si/c1-30(2,3)41-29(38)37-16-22(42-43(8,9)31(4,5)6)13-20(37)17-40-26-15-21(39-7)14-25-27(26)28(35-18-34-25)36-19-10-11-24(33)23(32)12-19/h10-12,14-15,18,20,22H,13,16-17H2,1-9H3,(H,34,35,36)/t20-,22-/m1/s1. The fourth-order valence-electron chi connectivity index (χ4n) is 4.61. The summed E-state index contributed by atoms with van der Waals surface area (Å²) in [7, 11) is -0.527. The molecule has 0 radical (unpaired) electrons. The molecule has 2 atom stereocenters. The summed E-state index contributed by atoms with van der Waals surface area (Å²) in [4.78, 5) is 23.9. The first-order chi connectivity index (χ1) is 20.0. The molecular weight excluding hydrogens is 591 g/mol. The van der Waals surface area contributed by atoms with Gasteiger partial charge in [-0.15, -0.1) is 0 Å². The average molecular weight is 633 g/mol. The molecule has 0 unspecified atom stereocenters. The van der Waals surface area contributed by atoms with Crippen LogP contribution in [0, 0.1) is 5.82 Å². The Hall–Kier alpha value is -3.15. The number of rotatable bonds is 8. The van der Waals surface area contributed by atoms with Crippen molar-refractivity contribution in [3.05, 3.63) is 47.5 Å². The molecule has 0 saturated carbocycles. The number of methoxy groups -OCH3 is 1. The third-order valence-corrected chi connectivity index (χ3v) is 12.6. The first-order valence-electron chi connectivity index (χ1n) is 14.3. The van der Waals surface area contributed by atoms with Crippen LogP contribution in [-0.4, -0.2) is 67.3 Å². The van der Waals surface area contributed by atoms with E-state index in [0.29, 0.717) is 46.9 Å². The van der Waals surface area contributed by atoms with Gasteiger partial charge in [-0.3, -0.25) is 4.90 Å². The summed E-state index contributed by atoms with van der Waals surface area (Å²) in [5.74, 6) is 0.936. The third kappa shape index (κ3) is 7.87. The van der Waals surface area contributed by atoms with Gasteiger partial charge in [0.15, 0.2) is 8.32 Å². The second-order valence-corrected chi connectivity index (χ2v) is 18.5. The number of hydrogen-bond donors (Lipinski definition) is 1. The van der Waals surface area contributed by atoms with Gasteiger partial charge in [0.05, 0.1) is 35.2 Å². The van der Waals surface area contributed by atoms with E-state index in [4.69, 9.17) is 30.2 Å². The normalized spacial score (nSPS) is 17.7. The van der Waals surface area contributed by atoms with Crippen LogP contribution in [0.2, 0.25) is 23.2 Å². The van der Waals surface area contributed by atoms with Crippen LogP contribution < -0.4 is 14.8 Å². The Kier molecular flexibility index (Phi) is 9.49. The largest absolute Gasteiger partial charge is 0.497 e.